The molecule has 1 radical (unpaired) electrons. The highest BCUT2D eigenvalue weighted by Gasteiger charge is 2.42. The first-order chi connectivity index (χ1) is 15.8. The van der Waals surface area contributed by atoms with E-state index in [9.17, 15) is 17.6 Å². The average molecular weight is 460 g/mol. The Morgan fingerprint density at radius 2 is 1.45 bits per heavy atom. The Hall–Kier alpha value is -3.02. The van der Waals surface area contributed by atoms with Crippen LogP contribution < -0.4 is 9.47 Å². The monoisotopic (exact) mass is 459 g/mol. The topological polar surface area (TPSA) is 18.5 Å². The molecule has 6 heteroatoms. The molecule has 2 nitrogen and oxygen atoms in total. The lowest BCUT2D eigenvalue weighted by molar-refractivity contribution is -0.189. The van der Waals surface area contributed by atoms with Crippen LogP contribution in [0.1, 0.15) is 56.2 Å². The van der Waals surface area contributed by atoms with Gasteiger partial charge in [-0.2, -0.15) is 8.78 Å². The van der Waals surface area contributed by atoms with Gasteiger partial charge < -0.3 is 9.47 Å². The van der Waals surface area contributed by atoms with E-state index >= 15 is 0 Å². The fourth-order valence-corrected chi connectivity index (χ4v) is 3.41. The van der Waals surface area contributed by atoms with E-state index in [0.29, 0.717) is 6.07 Å². The molecule has 0 saturated carbocycles. The highest BCUT2D eigenvalue weighted by molar-refractivity contribution is 5.38. The summed E-state index contributed by atoms with van der Waals surface area (Å²) in [6.07, 6.45) is 1.75. The van der Waals surface area contributed by atoms with Crippen LogP contribution in [-0.4, -0.2) is 0 Å². The molecule has 33 heavy (non-hydrogen) atoms. The Kier molecular flexibility index (Phi) is 8.37. The van der Waals surface area contributed by atoms with Gasteiger partial charge in [-0.3, -0.25) is 0 Å². The summed E-state index contributed by atoms with van der Waals surface area (Å²) >= 11 is 0. The second kappa shape index (κ2) is 11.2. The number of benzene rings is 3. The van der Waals surface area contributed by atoms with Crippen molar-refractivity contribution in [2.75, 3.05) is 0 Å². The van der Waals surface area contributed by atoms with E-state index in [-0.39, 0.29) is 11.5 Å². The Balaban J connectivity index is 1.75. The third-order valence-corrected chi connectivity index (χ3v) is 5.32. The molecule has 0 spiro atoms. The molecule has 0 bridgehead atoms. The summed E-state index contributed by atoms with van der Waals surface area (Å²) in [7, 11) is 0. The van der Waals surface area contributed by atoms with E-state index in [1.807, 2.05) is 6.92 Å². The molecule has 0 unspecified atom stereocenters. The zero-order valence-corrected chi connectivity index (χ0v) is 18.8. The SMILES string of the molecule is CCCCCCc1ccc(OC(F)(F)c2c(F)c[c]c(Oc3ccc(CC)cc3)c2F)cc1. The van der Waals surface area contributed by atoms with Gasteiger partial charge in [0.05, 0.1) is 0 Å². The lowest BCUT2D eigenvalue weighted by atomic mass is 10.1. The van der Waals surface area contributed by atoms with Crippen molar-refractivity contribution >= 4 is 0 Å². The lowest BCUT2D eigenvalue weighted by Crippen LogP contribution is -2.25. The number of aryl methyl sites for hydroxylation is 2. The van der Waals surface area contributed by atoms with Crippen LogP contribution in [-0.2, 0) is 19.0 Å². The van der Waals surface area contributed by atoms with E-state index < -0.39 is 29.1 Å². The molecule has 0 aliphatic rings. The number of unbranched alkanes of at least 4 members (excludes halogenated alkanes) is 3. The van der Waals surface area contributed by atoms with Gasteiger partial charge >= 0.3 is 6.11 Å². The molecule has 0 amide bonds. The van der Waals surface area contributed by atoms with Gasteiger partial charge in [-0.05, 0) is 60.7 Å². The minimum atomic E-state index is -4.25. The first-order valence-electron chi connectivity index (χ1n) is 11.2. The van der Waals surface area contributed by atoms with Crippen LogP contribution in [0, 0.1) is 17.7 Å². The van der Waals surface area contributed by atoms with Crippen molar-refractivity contribution in [3.63, 3.8) is 0 Å². The third-order valence-electron chi connectivity index (χ3n) is 5.32. The Bertz CT molecular complexity index is 1030. The van der Waals surface area contributed by atoms with Crippen LogP contribution in [0.4, 0.5) is 17.6 Å². The lowest BCUT2D eigenvalue weighted by Gasteiger charge is -2.20. The van der Waals surface area contributed by atoms with E-state index in [1.165, 1.54) is 12.1 Å². The first-order valence-corrected chi connectivity index (χ1v) is 11.2. The molecule has 0 saturated heterocycles. The molecule has 0 aromatic heterocycles. The third kappa shape index (κ3) is 6.50. The molecule has 3 rings (SSSR count). The molecule has 0 fully saturated rings. The Labute approximate surface area is 192 Å². The van der Waals surface area contributed by atoms with Crippen LogP contribution in [0.5, 0.6) is 17.2 Å². The molecule has 0 atom stereocenters. The van der Waals surface area contributed by atoms with E-state index in [1.54, 1.807) is 36.4 Å². The van der Waals surface area contributed by atoms with Crippen molar-refractivity contribution < 1.29 is 27.0 Å². The number of hydrogen-bond acceptors (Lipinski definition) is 2. The maximum absolute atomic E-state index is 14.9. The van der Waals surface area contributed by atoms with Crippen LogP contribution >= 0.6 is 0 Å². The standard InChI is InChI=1S/C27H27F4O2/c1-3-5-6-7-8-20-11-15-22(16-12-20)33-27(30,31)25-23(28)17-18-24(26(25)29)32-21-13-9-19(4-2)10-14-21/h9-17H,3-8H2,1-2H3. The normalized spacial score (nSPS) is 11.5. The molecule has 175 valence electrons. The van der Waals surface area contributed by atoms with Crippen molar-refractivity contribution in [3.8, 4) is 17.2 Å². The second-order valence-electron chi connectivity index (χ2n) is 7.83. The molecule has 0 aliphatic carbocycles. The molecular weight excluding hydrogens is 432 g/mol. The highest BCUT2D eigenvalue weighted by atomic mass is 19.3. The first kappa shape index (κ1) is 24.6. The summed E-state index contributed by atoms with van der Waals surface area (Å²) in [5, 5.41) is 0. The van der Waals surface area contributed by atoms with Gasteiger partial charge in [0.2, 0.25) is 0 Å². The van der Waals surface area contributed by atoms with Crippen LogP contribution in [0.2, 0.25) is 0 Å². The zero-order valence-electron chi connectivity index (χ0n) is 18.8. The van der Waals surface area contributed by atoms with Crippen LogP contribution in [0.3, 0.4) is 0 Å². The summed E-state index contributed by atoms with van der Waals surface area (Å²) < 4.78 is 68.7. The minimum absolute atomic E-state index is 0.193. The minimum Gasteiger partial charge on any atom is -0.454 e. The molecule has 0 heterocycles. The fraction of sp³-hybridized carbons (Fsp3) is 0.333. The van der Waals surface area contributed by atoms with Gasteiger partial charge in [-0.1, -0.05) is 57.4 Å². The van der Waals surface area contributed by atoms with Crippen molar-refractivity contribution in [1.82, 2.24) is 0 Å². The van der Waals surface area contributed by atoms with Crippen molar-refractivity contribution in [3.05, 3.63) is 89.0 Å². The number of rotatable bonds is 11. The number of halogens is 4. The van der Waals surface area contributed by atoms with Gasteiger partial charge in [-0.15, -0.1) is 0 Å². The van der Waals surface area contributed by atoms with Gasteiger partial charge in [0.1, 0.15) is 22.9 Å². The second-order valence-corrected chi connectivity index (χ2v) is 7.83. The molecule has 0 aliphatic heterocycles. The number of hydrogen-bond donors (Lipinski definition) is 0. The van der Waals surface area contributed by atoms with Gasteiger partial charge in [0.25, 0.3) is 0 Å². The predicted molar refractivity (Wildman–Crippen MR) is 120 cm³/mol. The zero-order chi connectivity index (χ0) is 23.8. The van der Waals surface area contributed by atoms with E-state index in [2.05, 4.69) is 13.0 Å². The Morgan fingerprint density at radius 1 is 0.818 bits per heavy atom. The van der Waals surface area contributed by atoms with E-state index in [4.69, 9.17) is 9.47 Å². The summed E-state index contributed by atoms with van der Waals surface area (Å²) in [4.78, 5) is 0. The van der Waals surface area contributed by atoms with Gasteiger partial charge in [0, 0.05) is 6.07 Å². The predicted octanol–water partition coefficient (Wildman–Crippen LogP) is 8.37. The highest BCUT2D eigenvalue weighted by Crippen LogP contribution is 2.38. The molecule has 3 aromatic carbocycles. The summed E-state index contributed by atoms with van der Waals surface area (Å²) in [5.41, 5.74) is 0.488. The smallest absolute Gasteiger partial charge is 0.432 e. The summed E-state index contributed by atoms with van der Waals surface area (Å²) in [6, 6.07) is 15.6. The number of alkyl halides is 2. The van der Waals surface area contributed by atoms with E-state index in [0.717, 1.165) is 49.7 Å². The van der Waals surface area contributed by atoms with Crippen LogP contribution in [0.25, 0.3) is 0 Å². The number of ether oxygens (including phenoxy) is 2. The average Bonchev–Trinajstić information content (AvgIpc) is 2.80. The maximum atomic E-state index is 14.9. The van der Waals surface area contributed by atoms with Crippen molar-refractivity contribution in [2.45, 2.75) is 58.5 Å². The van der Waals surface area contributed by atoms with Gasteiger partial charge in [0.15, 0.2) is 11.6 Å². The summed E-state index contributed by atoms with van der Waals surface area (Å²) in [5.74, 6) is -3.65. The quantitative estimate of drug-likeness (QED) is 0.212. The molecule has 0 N–H and O–H groups in total. The van der Waals surface area contributed by atoms with Gasteiger partial charge in [-0.25, -0.2) is 8.78 Å². The fourth-order valence-electron chi connectivity index (χ4n) is 3.41. The Morgan fingerprint density at radius 3 is 2.09 bits per heavy atom. The maximum Gasteiger partial charge on any atom is 0.432 e. The van der Waals surface area contributed by atoms with Crippen LogP contribution in [0.15, 0.2) is 54.6 Å². The van der Waals surface area contributed by atoms with Crippen molar-refractivity contribution in [2.24, 2.45) is 0 Å². The van der Waals surface area contributed by atoms with Crippen molar-refractivity contribution in [1.29, 1.82) is 0 Å². The summed E-state index contributed by atoms with van der Waals surface area (Å²) in [6.45, 7) is 4.10. The largest absolute Gasteiger partial charge is 0.454 e. The molecular formula is C27H27F4O2. The molecule has 3 aromatic rings.